The number of carbonyl (C=O) groups is 1. The number of fused-ring (bicyclic) bond motifs is 1. The Morgan fingerprint density at radius 1 is 1.20 bits per heavy atom. The minimum atomic E-state index is -1.04. The number of methoxy groups -OCH3 is 2. The van der Waals surface area contributed by atoms with Gasteiger partial charge in [-0.15, -0.1) is 0 Å². The Balaban J connectivity index is 2.19. The lowest BCUT2D eigenvalue weighted by atomic mass is 9.98. The molecule has 0 fully saturated rings. The Hall–Kier alpha value is -3.22. The second-order valence-corrected chi connectivity index (χ2v) is 5.31. The van der Waals surface area contributed by atoms with E-state index >= 15 is 0 Å². The first-order valence-electron chi connectivity index (χ1n) is 7.46. The summed E-state index contributed by atoms with van der Waals surface area (Å²) < 4.78 is 21.1. The summed E-state index contributed by atoms with van der Waals surface area (Å²) in [6, 6.07) is 3.10. The van der Waals surface area contributed by atoms with E-state index in [4.69, 9.17) is 18.6 Å². The van der Waals surface area contributed by atoms with Gasteiger partial charge < -0.3 is 23.7 Å². The van der Waals surface area contributed by atoms with Crippen molar-refractivity contribution in [1.29, 1.82) is 0 Å². The molecule has 0 saturated carbocycles. The second-order valence-electron chi connectivity index (χ2n) is 5.31. The second kappa shape index (κ2) is 6.35. The quantitative estimate of drug-likeness (QED) is 0.852. The predicted octanol–water partition coefficient (Wildman–Crippen LogP) is 2.66. The van der Waals surface area contributed by atoms with Gasteiger partial charge in [-0.3, -0.25) is 4.79 Å². The molecule has 1 aliphatic heterocycles. The minimum Gasteiger partial charge on any atom is -0.502 e. The highest BCUT2D eigenvalue weighted by atomic mass is 16.6. The molecule has 0 spiro atoms. The fourth-order valence-corrected chi connectivity index (χ4v) is 2.71. The van der Waals surface area contributed by atoms with Gasteiger partial charge >= 0.3 is 5.97 Å². The molecule has 2 heterocycles. The summed E-state index contributed by atoms with van der Waals surface area (Å²) in [5.74, 6) is -0.378. The van der Waals surface area contributed by atoms with E-state index in [-0.39, 0.29) is 16.9 Å². The molecule has 1 unspecified atom stereocenters. The summed E-state index contributed by atoms with van der Waals surface area (Å²) in [6.07, 6.45) is 3.22. The third-order valence-electron chi connectivity index (χ3n) is 3.90. The van der Waals surface area contributed by atoms with E-state index in [9.17, 15) is 14.7 Å². The van der Waals surface area contributed by atoms with E-state index in [1.165, 1.54) is 32.6 Å². The Morgan fingerprint density at radius 3 is 2.60 bits per heavy atom. The highest BCUT2D eigenvalue weighted by molar-refractivity contribution is 5.96. The smallest absolute Gasteiger partial charge is 0.339 e. The van der Waals surface area contributed by atoms with Crippen molar-refractivity contribution >= 4 is 12.0 Å². The number of esters is 1. The van der Waals surface area contributed by atoms with Gasteiger partial charge in [0, 0.05) is 6.07 Å². The zero-order valence-electron chi connectivity index (χ0n) is 13.9. The van der Waals surface area contributed by atoms with Gasteiger partial charge in [0.15, 0.2) is 11.9 Å². The van der Waals surface area contributed by atoms with Crippen LogP contribution in [-0.4, -0.2) is 25.3 Å². The van der Waals surface area contributed by atoms with Crippen LogP contribution < -0.4 is 14.9 Å². The van der Waals surface area contributed by atoms with Gasteiger partial charge in [-0.2, -0.15) is 0 Å². The van der Waals surface area contributed by atoms with Crippen LogP contribution in [0.25, 0.3) is 6.08 Å². The molecule has 0 amide bonds. The molecule has 1 aromatic heterocycles. The van der Waals surface area contributed by atoms with Crippen LogP contribution in [0.15, 0.2) is 33.7 Å². The molecule has 0 bridgehead atoms. The van der Waals surface area contributed by atoms with Crippen LogP contribution in [0.5, 0.6) is 17.2 Å². The predicted molar refractivity (Wildman–Crippen MR) is 88.2 cm³/mol. The molecule has 7 heteroatoms. The first kappa shape index (κ1) is 16.6. The lowest BCUT2D eigenvalue weighted by Crippen LogP contribution is -2.15. The molecule has 130 valence electrons. The summed E-state index contributed by atoms with van der Waals surface area (Å²) in [6.45, 7) is 1.72. The van der Waals surface area contributed by atoms with E-state index in [2.05, 4.69) is 0 Å². The third-order valence-corrected chi connectivity index (χ3v) is 3.90. The Kier molecular flexibility index (Phi) is 4.22. The van der Waals surface area contributed by atoms with Crippen molar-refractivity contribution in [3.05, 3.63) is 57.1 Å². The average Bonchev–Trinajstić information content (AvgIpc) is 2.95. The van der Waals surface area contributed by atoms with Crippen molar-refractivity contribution in [2.45, 2.75) is 13.0 Å². The molecule has 25 heavy (non-hydrogen) atoms. The number of carbonyl (C=O) groups excluding carboxylic acids is 1. The number of rotatable bonds is 4. The van der Waals surface area contributed by atoms with Crippen LogP contribution in [0.3, 0.4) is 0 Å². The maximum Gasteiger partial charge on any atom is 0.339 e. The summed E-state index contributed by atoms with van der Waals surface area (Å²) in [4.78, 5) is 24.7. The Bertz CT molecular complexity index is 924. The minimum absolute atomic E-state index is 0.00122. The molecule has 3 rings (SSSR count). The molecular weight excluding hydrogens is 328 g/mol. The zero-order valence-corrected chi connectivity index (χ0v) is 13.9. The van der Waals surface area contributed by atoms with Crippen molar-refractivity contribution in [3.63, 3.8) is 0 Å². The Morgan fingerprint density at radius 2 is 1.96 bits per heavy atom. The van der Waals surface area contributed by atoms with Crippen molar-refractivity contribution in [2.24, 2.45) is 0 Å². The van der Waals surface area contributed by atoms with E-state index < -0.39 is 23.3 Å². The van der Waals surface area contributed by atoms with Gasteiger partial charge in [0.25, 0.3) is 0 Å². The molecule has 2 aromatic rings. The largest absolute Gasteiger partial charge is 0.502 e. The summed E-state index contributed by atoms with van der Waals surface area (Å²) in [5.41, 5.74) is -0.0550. The van der Waals surface area contributed by atoms with Gasteiger partial charge in [-0.1, -0.05) is 6.08 Å². The van der Waals surface area contributed by atoms with Crippen molar-refractivity contribution in [3.8, 4) is 17.2 Å². The summed E-state index contributed by atoms with van der Waals surface area (Å²) >= 11 is 0. The van der Waals surface area contributed by atoms with Crippen LogP contribution >= 0.6 is 0 Å². The monoisotopic (exact) mass is 344 g/mol. The zero-order chi connectivity index (χ0) is 18.1. The van der Waals surface area contributed by atoms with Crippen LogP contribution in [0.2, 0.25) is 0 Å². The Labute approximate surface area is 143 Å². The van der Waals surface area contributed by atoms with Crippen LogP contribution in [-0.2, 0) is 4.74 Å². The highest BCUT2D eigenvalue weighted by Gasteiger charge is 2.38. The molecule has 1 aromatic carbocycles. The topological polar surface area (TPSA) is 95.2 Å². The number of aromatic hydroxyl groups is 1. The lowest BCUT2D eigenvalue weighted by molar-refractivity contribution is 0.0449. The lowest BCUT2D eigenvalue weighted by Gasteiger charge is -2.14. The van der Waals surface area contributed by atoms with Crippen LogP contribution in [0.1, 0.15) is 40.3 Å². The van der Waals surface area contributed by atoms with E-state index in [1.807, 2.05) is 0 Å². The fraction of sp³-hybridized carbons (Fsp3) is 0.222. The molecule has 1 N–H and O–H groups in total. The fourth-order valence-electron chi connectivity index (χ4n) is 2.71. The van der Waals surface area contributed by atoms with Gasteiger partial charge in [0.05, 0.1) is 30.9 Å². The number of hydrogen-bond acceptors (Lipinski definition) is 7. The standard InChI is InChI=1S/C18H16O7/c1-4-5-12-16(20)15(19)11(8-24-12)17-14-10(18(21)25-17)6-9(22-2)7-13(14)23-3/h4-8,17,20H,1-3H3. The first-order valence-corrected chi connectivity index (χ1v) is 7.46. The van der Waals surface area contributed by atoms with Gasteiger partial charge in [-0.05, 0) is 19.1 Å². The van der Waals surface area contributed by atoms with Crippen LogP contribution in [0.4, 0.5) is 0 Å². The highest BCUT2D eigenvalue weighted by Crippen LogP contribution is 2.43. The number of ether oxygens (including phenoxy) is 3. The maximum absolute atomic E-state index is 12.5. The first-order chi connectivity index (χ1) is 12.0. The van der Waals surface area contributed by atoms with E-state index in [0.29, 0.717) is 17.1 Å². The van der Waals surface area contributed by atoms with Crippen molar-refractivity contribution in [2.75, 3.05) is 14.2 Å². The molecule has 0 saturated heterocycles. The van der Waals surface area contributed by atoms with E-state index in [1.54, 1.807) is 19.1 Å². The van der Waals surface area contributed by atoms with Crippen molar-refractivity contribution < 1.29 is 28.5 Å². The third kappa shape index (κ3) is 2.63. The number of hydrogen-bond donors (Lipinski definition) is 1. The number of benzene rings is 1. The van der Waals surface area contributed by atoms with Gasteiger partial charge in [-0.25, -0.2) is 4.79 Å². The summed E-state index contributed by atoms with van der Waals surface area (Å²) in [7, 11) is 2.90. The normalized spacial score (nSPS) is 16.0. The maximum atomic E-state index is 12.5. The van der Waals surface area contributed by atoms with Gasteiger partial charge in [0.1, 0.15) is 17.8 Å². The number of allylic oxidation sites excluding steroid dienone is 1. The SMILES string of the molecule is CC=Cc1occ(C2OC(=O)c3cc(OC)cc(OC)c32)c(=O)c1O. The van der Waals surface area contributed by atoms with E-state index in [0.717, 1.165) is 0 Å². The summed E-state index contributed by atoms with van der Waals surface area (Å²) in [5, 5.41) is 10.0. The molecule has 0 aliphatic carbocycles. The molecule has 0 radical (unpaired) electrons. The van der Waals surface area contributed by atoms with Crippen LogP contribution in [0, 0.1) is 0 Å². The number of cyclic esters (lactones) is 1. The molecule has 1 aliphatic rings. The average molecular weight is 344 g/mol. The molecule has 1 atom stereocenters. The molecule has 7 nitrogen and oxygen atoms in total. The van der Waals surface area contributed by atoms with Gasteiger partial charge in [0.2, 0.25) is 11.2 Å². The van der Waals surface area contributed by atoms with Crippen molar-refractivity contribution in [1.82, 2.24) is 0 Å². The molecular formula is C18H16O7.